The summed E-state index contributed by atoms with van der Waals surface area (Å²) in [6.07, 6.45) is 2.44. The molecule has 0 radical (unpaired) electrons. The maximum atomic E-state index is 13.8. The molecule has 0 atom stereocenters. The Morgan fingerprint density at radius 3 is 2.73 bits per heavy atom. The third-order valence-corrected chi connectivity index (χ3v) is 7.97. The Labute approximate surface area is 217 Å². The van der Waals surface area contributed by atoms with Crippen LogP contribution in [0.1, 0.15) is 29.4 Å². The minimum Gasteiger partial charge on any atom is -0.363 e. The normalized spacial score (nSPS) is 15.5. The van der Waals surface area contributed by atoms with Crippen LogP contribution in [0.2, 0.25) is 0 Å². The van der Waals surface area contributed by atoms with Crippen LogP contribution >= 0.6 is 11.3 Å². The van der Waals surface area contributed by atoms with Crippen LogP contribution in [-0.4, -0.2) is 61.0 Å². The summed E-state index contributed by atoms with van der Waals surface area (Å²) in [5, 5.41) is 18.1. The quantitative estimate of drug-likeness (QED) is 0.387. The monoisotopic (exact) mass is 522 g/mol. The number of rotatable bonds is 6. The van der Waals surface area contributed by atoms with Crippen molar-refractivity contribution in [1.82, 2.24) is 34.3 Å². The van der Waals surface area contributed by atoms with E-state index in [2.05, 4.69) is 25.7 Å². The maximum Gasteiger partial charge on any atom is 0.299 e. The number of aryl methyl sites for hydroxylation is 2. The molecule has 0 bridgehead atoms. The highest BCUT2D eigenvalue weighted by atomic mass is 32.1. The van der Waals surface area contributed by atoms with Gasteiger partial charge in [0.15, 0.2) is 0 Å². The van der Waals surface area contributed by atoms with E-state index >= 15 is 0 Å². The Morgan fingerprint density at radius 2 is 2.03 bits per heavy atom. The molecule has 0 saturated carbocycles. The van der Waals surface area contributed by atoms with Gasteiger partial charge in [0.1, 0.15) is 12.2 Å². The van der Waals surface area contributed by atoms with Crippen LogP contribution in [0.3, 0.4) is 0 Å². The molecule has 0 aromatic carbocycles. The number of fused-ring (bicyclic) bond motifs is 2. The van der Waals surface area contributed by atoms with Crippen LogP contribution < -0.4 is 26.0 Å². The highest BCUT2D eigenvalue weighted by Crippen LogP contribution is 2.27. The topological polar surface area (TPSA) is 118 Å². The molecule has 6 heterocycles. The summed E-state index contributed by atoms with van der Waals surface area (Å²) < 4.78 is 5.09. The summed E-state index contributed by atoms with van der Waals surface area (Å²) in [6.45, 7) is 8.29. The number of aromatic nitrogens is 6. The van der Waals surface area contributed by atoms with Gasteiger partial charge in [-0.2, -0.15) is 14.6 Å². The van der Waals surface area contributed by atoms with E-state index in [1.54, 1.807) is 0 Å². The second kappa shape index (κ2) is 9.30. The van der Waals surface area contributed by atoms with Crippen LogP contribution in [-0.2, 0) is 37.9 Å². The molecular formula is C24H30N10O2S. The second-order valence-corrected chi connectivity index (χ2v) is 10.4. The van der Waals surface area contributed by atoms with Crippen LogP contribution in [0.15, 0.2) is 22.4 Å². The van der Waals surface area contributed by atoms with Crippen molar-refractivity contribution >= 4 is 39.7 Å². The summed E-state index contributed by atoms with van der Waals surface area (Å²) in [5.74, 6) is 0.677. The average molecular weight is 523 g/mol. The zero-order valence-corrected chi connectivity index (χ0v) is 22.0. The van der Waals surface area contributed by atoms with Gasteiger partial charge >= 0.3 is 0 Å². The highest BCUT2D eigenvalue weighted by molar-refractivity contribution is 7.14. The molecular weight excluding hydrogens is 492 g/mol. The first-order chi connectivity index (χ1) is 17.9. The lowest BCUT2D eigenvalue weighted by Crippen LogP contribution is -2.47. The fourth-order valence-corrected chi connectivity index (χ4v) is 5.99. The molecule has 2 aliphatic rings. The van der Waals surface area contributed by atoms with Crippen molar-refractivity contribution in [3.63, 3.8) is 0 Å². The third kappa shape index (κ3) is 4.17. The molecule has 4 aromatic heterocycles. The number of thiophene rings is 1. The fourth-order valence-electron chi connectivity index (χ4n) is 5.19. The summed E-state index contributed by atoms with van der Waals surface area (Å²) >= 11 is 1.49. The molecule has 6 rings (SSSR count). The molecule has 4 aromatic rings. The summed E-state index contributed by atoms with van der Waals surface area (Å²) in [6, 6.07) is 1.95. The van der Waals surface area contributed by atoms with Crippen LogP contribution in [0.4, 0.5) is 16.6 Å². The van der Waals surface area contributed by atoms with E-state index in [1.165, 1.54) is 15.9 Å². The van der Waals surface area contributed by atoms with Crippen molar-refractivity contribution in [1.29, 1.82) is 0 Å². The Morgan fingerprint density at radius 1 is 1.22 bits per heavy atom. The van der Waals surface area contributed by atoms with Gasteiger partial charge < -0.3 is 25.0 Å². The van der Waals surface area contributed by atoms with Gasteiger partial charge in [-0.15, -0.1) is 16.4 Å². The van der Waals surface area contributed by atoms with E-state index in [9.17, 15) is 9.59 Å². The molecule has 13 heteroatoms. The van der Waals surface area contributed by atoms with E-state index in [0.29, 0.717) is 50.0 Å². The third-order valence-electron chi connectivity index (χ3n) is 7.01. The molecule has 37 heavy (non-hydrogen) atoms. The zero-order chi connectivity index (χ0) is 25.7. The highest BCUT2D eigenvalue weighted by Gasteiger charge is 2.29. The molecule has 1 amide bonds. The number of carbonyl (C=O) groups excluding carboxylic acids is 1. The van der Waals surface area contributed by atoms with Gasteiger partial charge in [0.05, 0.1) is 29.1 Å². The van der Waals surface area contributed by atoms with Gasteiger partial charge in [-0.3, -0.25) is 14.3 Å². The van der Waals surface area contributed by atoms with Crippen LogP contribution in [0.5, 0.6) is 0 Å². The number of hydrogen-bond donors (Lipinski definition) is 2. The van der Waals surface area contributed by atoms with Crippen molar-refractivity contribution in [2.24, 2.45) is 7.05 Å². The minimum absolute atomic E-state index is 0.0330. The number of nitrogens with zero attached hydrogens (tertiary/aromatic N) is 8. The first-order valence-electron chi connectivity index (χ1n) is 12.5. The van der Waals surface area contributed by atoms with Crippen molar-refractivity contribution in [2.45, 2.75) is 39.9 Å². The lowest BCUT2D eigenvalue weighted by molar-refractivity contribution is -0.116. The van der Waals surface area contributed by atoms with Crippen LogP contribution in [0, 0.1) is 6.92 Å². The molecule has 1 saturated heterocycles. The largest absolute Gasteiger partial charge is 0.363 e. The first-order valence-corrected chi connectivity index (χ1v) is 13.4. The van der Waals surface area contributed by atoms with E-state index in [0.717, 1.165) is 40.6 Å². The summed E-state index contributed by atoms with van der Waals surface area (Å²) in [4.78, 5) is 36.0. The molecule has 0 unspecified atom stereocenters. The number of piperazine rings is 1. The van der Waals surface area contributed by atoms with Crippen LogP contribution in [0.25, 0.3) is 5.78 Å². The maximum absolute atomic E-state index is 13.8. The van der Waals surface area contributed by atoms with Crippen molar-refractivity contribution < 1.29 is 4.79 Å². The Hall–Kier alpha value is -3.71. The molecule has 2 aliphatic heterocycles. The number of hydrogen-bond acceptors (Lipinski definition) is 9. The molecule has 194 valence electrons. The lowest BCUT2D eigenvalue weighted by Gasteiger charge is -2.31. The number of amides is 1. The number of anilines is 3. The number of nitrogens with one attached hydrogen (secondary N) is 2. The van der Waals surface area contributed by atoms with E-state index in [4.69, 9.17) is 4.98 Å². The van der Waals surface area contributed by atoms with Gasteiger partial charge in [0.25, 0.3) is 5.56 Å². The molecule has 0 spiro atoms. The van der Waals surface area contributed by atoms with E-state index in [1.807, 2.05) is 52.7 Å². The van der Waals surface area contributed by atoms with Gasteiger partial charge in [-0.1, -0.05) is 6.92 Å². The standard InChI is InChI=1S/C24H30N10O2S/c1-4-17-21(31-7-5-25-6-8-31)22(36)34-24(33(17)13-19(35)27-20-9-15(2)14-37-20)28-23(29-34)32-11-16-10-26-30(3)18(16)12-32/h9-10,14,25H,4-8,11-13H2,1-3H3,(H,27,35). The predicted octanol–water partition coefficient (Wildman–Crippen LogP) is 1.13. The number of carbonyl (C=O) groups is 1. The predicted molar refractivity (Wildman–Crippen MR) is 142 cm³/mol. The van der Waals surface area contributed by atoms with Crippen molar-refractivity contribution in [2.75, 3.05) is 41.3 Å². The Balaban J connectivity index is 1.44. The van der Waals surface area contributed by atoms with Crippen molar-refractivity contribution in [3.05, 3.63) is 50.5 Å². The zero-order valence-electron chi connectivity index (χ0n) is 21.2. The minimum atomic E-state index is -0.198. The first kappa shape index (κ1) is 23.7. The second-order valence-electron chi connectivity index (χ2n) is 9.53. The molecule has 1 fully saturated rings. The average Bonchev–Trinajstić information content (AvgIpc) is 3.67. The molecule has 12 nitrogen and oxygen atoms in total. The van der Waals surface area contributed by atoms with Gasteiger partial charge in [0, 0.05) is 45.3 Å². The van der Waals surface area contributed by atoms with Gasteiger partial charge in [-0.25, -0.2) is 0 Å². The van der Waals surface area contributed by atoms with Gasteiger partial charge in [-0.05, 0) is 30.4 Å². The Bertz CT molecular complexity index is 1540. The summed E-state index contributed by atoms with van der Waals surface area (Å²) in [5.41, 5.74) is 4.53. The molecule has 0 aliphatic carbocycles. The summed E-state index contributed by atoms with van der Waals surface area (Å²) in [7, 11) is 1.92. The van der Waals surface area contributed by atoms with E-state index < -0.39 is 0 Å². The van der Waals surface area contributed by atoms with Gasteiger partial charge in [0.2, 0.25) is 17.6 Å². The SMILES string of the molecule is CCc1c(N2CCNCC2)c(=O)n2nc(N3Cc4cnn(C)c4C3)nc2n1CC(=O)Nc1cc(C)cs1. The Kier molecular flexibility index (Phi) is 5.95. The van der Waals surface area contributed by atoms with E-state index in [-0.39, 0.29) is 18.0 Å². The fraction of sp³-hybridized carbons (Fsp3) is 0.458. The smallest absolute Gasteiger partial charge is 0.299 e. The molecule has 2 N–H and O–H groups in total. The van der Waals surface area contributed by atoms with Crippen molar-refractivity contribution in [3.8, 4) is 0 Å². The lowest BCUT2D eigenvalue weighted by atomic mass is 10.2.